The number of aromatic nitrogens is 3. The van der Waals surface area contributed by atoms with E-state index in [-0.39, 0.29) is 5.91 Å². The zero-order valence-electron chi connectivity index (χ0n) is 14.9. The van der Waals surface area contributed by atoms with Crippen molar-refractivity contribution in [1.29, 1.82) is 0 Å². The molecule has 1 saturated carbocycles. The van der Waals surface area contributed by atoms with Crippen molar-refractivity contribution in [3.63, 3.8) is 0 Å². The van der Waals surface area contributed by atoms with Gasteiger partial charge in [-0.15, -0.1) is 10.2 Å². The molecule has 4 heterocycles. The van der Waals surface area contributed by atoms with Crippen LogP contribution in [0.1, 0.15) is 47.7 Å². The molecule has 1 amide bonds. The number of carbonyl (C=O) groups is 1. The lowest BCUT2D eigenvalue weighted by atomic mass is 9.89. The molecule has 7 heteroatoms. The first-order valence-corrected chi connectivity index (χ1v) is 10.7. The van der Waals surface area contributed by atoms with Gasteiger partial charge < -0.3 is 9.88 Å². The fourth-order valence-electron chi connectivity index (χ4n) is 4.88. The fourth-order valence-corrected chi connectivity index (χ4v) is 5.54. The Hall–Kier alpha value is -1.73. The van der Waals surface area contributed by atoms with Crippen molar-refractivity contribution in [3.05, 3.63) is 34.0 Å². The molecule has 0 unspecified atom stereocenters. The Morgan fingerprint density at radius 3 is 2.85 bits per heavy atom. The monoisotopic (exact) mass is 371 g/mol. The number of rotatable bonds is 4. The molecule has 2 aliphatic heterocycles. The van der Waals surface area contributed by atoms with Gasteiger partial charge in [0.1, 0.15) is 5.82 Å². The van der Waals surface area contributed by atoms with Crippen LogP contribution in [0.4, 0.5) is 0 Å². The van der Waals surface area contributed by atoms with Crippen LogP contribution in [0, 0.1) is 11.8 Å². The summed E-state index contributed by atoms with van der Waals surface area (Å²) in [6.07, 6.45) is 5.55. The molecule has 1 saturated heterocycles. The van der Waals surface area contributed by atoms with E-state index in [1.165, 1.54) is 18.4 Å². The molecule has 0 aromatic carbocycles. The zero-order chi connectivity index (χ0) is 17.5. The summed E-state index contributed by atoms with van der Waals surface area (Å²) in [5.41, 5.74) is 1.41. The summed E-state index contributed by atoms with van der Waals surface area (Å²) in [6.45, 7) is 4.13. The molecule has 26 heavy (non-hydrogen) atoms. The van der Waals surface area contributed by atoms with Gasteiger partial charge in [-0.2, -0.15) is 11.3 Å². The Bertz CT molecular complexity index is 780. The van der Waals surface area contributed by atoms with Crippen molar-refractivity contribution in [2.75, 3.05) is 13.1 Å². The predicted octanol–water partition coefficient (Wildman–Crippen LogP) is 2.32. The van der Waals surface area contributed by atoms with Gasteiger partial charge in [0.05, 0.1) is 0 Å². The number of hydrogen-bond donors (Lipinski definition) is 1. The van der Waals surface area contributed by atoms with Crippen LogP contribution in [-0.2, 0) is 19.5 Å². The quantitative estimate of drug-likeness (QED) is 0.896. The van der Waals surface area contributed by atoms with Crippen LogP contribution in [0.15, 0.2) is 16.8 Å². The minimum atomic E-state index is -0.0396. The molecule has 2 atom stereocenters. The van der Waals surface area contributed by atoms with Crippen LogP contribution in [0.2, 0.25) is 0 Å². The second kappa shape index (κ2) is 6.78. The lowest BCUT2D eigenvalue weighted by molar-refractivity contribution is 0.0919. The second-order valence-electron chi connectivity index (χ2n) is 8.06. The summed E-state index contributed by atoms with van der Waals surface area (Å²) < 4.78 is 2.08. The molecule has 6 nitrogen and oxygen atoms in total. The van der Waals surface area contributed by atoms with Gasteiger partial charge >= 0.3 is 0 Å². The number of amides is 1. The SMILES string of the molecule is O=C(NC1CCCC1)c1nnc2n1C[C@@H]1CN(Cc3ccsc3)C[C@H]1C2. The number of hydrogen-bond acceptors (Lipinski definition) is 5. The van der Waals surface area contributed by atoms with Gasteiger partial charge in [-0.3, -0.25) is 9.69 Å². The molecule has 2 fully saturated rings. The van der Waals surface area contributed by atoms with Crippen LogP contribution in [0.3, 0.4) is 0 Å². The molecular formula is C19H25N5OS. The van der Waals surface area contributed by atoms with E-state index in [1.807, 2.05) is 0 Å². The smallest absolute Gasteiger partial charge is 0.289 e. The molecule has 0 spiro atoms. The summed E-state index contributed by atoms with van der Waals surface area (Å²) in [6, 6.07) is 2.53. The molecule has 0 radical (unpaired) electrons. The molecule has 2 aromatic rings. The third-order valence-electron chi connectivity index (χ3n) is 6.22. The summed E-state index contributed by atoms with van der Waals surface area (Å²) in [5.74, 6) is 2.69. The summed E-state index contributed by atoms with van der Waals surface area (Å²) in [7, 11) is 0. The number of fused-ring (bicyclic) bond motifs is 2. The first-order valence-electron chi connectivity index (χ1n) is 9.72. The molecule has 0 bridgehead atoms. The van der Waals surface area contributed by atoms with Crippen LogP contribution in [0.5, 0.6) is 0 Å². The van der Waals surface area contributed by atoms with E-state index in [0.717, 1.165) is 51.3 Å². The Morgan fingerprint density at radius 1 is 1.19 bits per heavy atom. The van der Waals surface area contributed by atoms with Gasteiger partial charge in [-0.05, 0) is 47.1 Å². The molecule has 138 valence electrons. The van der Waals surface area contributed by atoms with Gasteiger partial charge in [-0.25, -0.2) is 0 Å². The van der Waals surface area contributed by atoms with Gasteiger partial charge in [0.25, 0.3) is 5.91 Å². The van der Waals surface area contributed by atoms with E-state index < -0.39 is 0 Å². The number of likely N-dealkylation sites (tertiary alicyclic amines) is 1. The largest absolute Gasteiger partial charge is 0.347 e. The molecule has 3 aliphatic rings. The van der Waals surface area contributed by atoms with Gasteiger partial charge in [0.15, 0.2) is 0 Å². The van der Waals surface area contributed by atoms with Crippen molar-refractivity contribution in [3.8, 4) is 0 Å². The maximum absolute atomic E-state index is 12.7. The fraction of sp³-hybridized carbons (Fsp3) is 0.632. The van der Waals surface area contributed by atoms with Crippen molar-refractivity contribution in [2.24, 2.45) is 11.8 Å². The van der Waals surface area contributed by atoms with Crippen molar-refractivity contribution >= 4 is 17.2 Å². The highest BCUT2D eigenvalue weighted by Crippen LogP contribution is 2.33. The standard InChI is InChI=1S/C19H25N5OS/c25-19(20-16-3-1-2-4-16)18-22-21-17-7-14-9-23(8-13-5-6-26-12-13)10-15(14)11-24(17)18/h5-6,12,14-16H,1-4,7-11H2,(H,20,25)/t14-,15+/m1/s1. The highest BCUT2D eigenvalue weighted by Gasteiger charge is 2.39. The Labute approximate surface area is 157 Å². The van der Waals surface area contributed by atoms with E-state index in [2.05, 4.69) is 41.8 Å². The van der Waals surface area contributed by atoms with E-state index in [9.17, 15) is 4.79 Å². The second-order valence-corrected chi connectivity index (χ2v) is 8.84. The van der Waals surface area contributed by atoms with Crippen LogP contribution in [-0.4, -0.2) is 44.7 Å². The van der Waals surface area contributed by atoms with Crippen molar-refractivity contribution in [2.45, 2.75) is 51.2 Å². The number of carbonyl (C=O) groups excluding carboxylic acids is 1. The third kappa shape index (κ3) is 3.07. The predicted molar refractivity (Wildman–Crippen MR) is 100 cm³/mol. The first kappa shape index (κ1) is 16.4. The Balaban J connectivity index is 1.27. The summed E-state index contributed by atoms with van der Waals surface area (Å²) >= 11 is 1.76. The first-order chi connectivity index (χ1) is 12.8. The molecule has 5 rings (SSSR count). The van der Waals surface area contributed by atoms with E-state index in [0.29, 0.717) is 23.7 Å². The van der Waals surface area contributed by atoms with E-state index >= 15 is 0 Å². The topological polar surface area (TPSA) is 63.1 Å². The molecule has 2 aromatic heterocycles. The van der Waals surface area contributed by atoms with Crippen LogP contribution < -0.4 is 5.32 Å². The normalized spacial score (nSPS) is 26.0. The Kier molecular flexibility index (Phi) is 4.29. The number of nitrogens with one attached hydrogen (secondary N) is 1. The van der Waals surface area contributed by atoms with Gasteiger partial charge in [0, 0.05) is 38.6 Å². The summed E-state index contributed by atoms with van der Waals surface area (Å²) in [4.78, 5) is 15.2. The van der Waals surface area contributed by atoms with Crippen molar-refractivity contribution < 1.29 is 4.79 Å². The highest BCUT2D eigenvalue weighted by molar-refractivity contribution is 7.07. The van der Waals surface area contributed by atoms with Crippen molar-refractivity contribution in [1.82, 2.24) is 25.0 Å². The lowest BCUT2D eigenvalue weighted by Gasteiger charge is -2.26. The number of nitrogens with zero attached hydrogens (tertiary/aromatic N) is 4. The maximum Gasteiger partial charge on any atom is 0.289 e. The van der Waals surface area contributed by atoms with Gasteiger partial charge in [-0.1, -0.05) is 12.8 Å². The highest BCUT2D eigenvalue weighted by atomic mass is 32.1. The number of thiophene rings is 1. The zero-order valence-corrected chi connectivity index (χ0v) is 15.7. The molecular weight excluding hydrogens is 346 g/mol. The lowest BCUT2D eigenvalue weighted by Crippen LogP contribution is -2.36. The average molecular weight is 372 g/mol. The minimum absolute atomic E-state index is 0.0396. The average Bonchev–Trinajstić information content (AvgIpc) is 3.40. The minimum Gasteiger partial charge on any atom is -0.347 e. The molecule has 1 N–H and O–H groups in total. The van der Waals surface area contributed by atoms with Crippen LogP contribution in [0.25, 0.3) is 0 Å². The van der Waals surface area contributed by atoms with E-state index in [1.54, 1.807) is 11.3 Å². The Morgan fingerprint density at radius 2 is 2.04 bits per heavy atom. The third-order valence-corrected chi connectivity index (χ3v) is 6.95. The van der Waals surface area contributed by atoms with E-state index in [4.69, 9.17) is 0 Å². The van der Waals surface area contributed by atoms with Gasteiger partial charge in [0.2, 0.25) is 5.82 Å². The molecule has 1 aliphatic carbocycles. The maximum atomic E-state index is 12.7. The summed E-state index contributed by atoms with van der Waals surface area (Å²) in [5, 5.41) is 16.1. The van der Waals surface area contributed by atoms with Crippen LogP contribution >= 0.6 is 11.3 Å².